The summed E-state index contributed by atoms with van der Waals surface area (Å²) in [5.41, 5.74) is 6.12. The molecule has 0 bridgehead atoms. The van der Waals surface area contributed by atoms with Gasteiger partial charge in [-0.3, -0.25) is 4.79 Å². The Morgan fingerprint density at radius 1 is 1.64 bits per heavy atom. The van der Waals surface area contributed by atoms with Crippen LogP contribution in [-0.4, -0.2) is 18.5 Å². The number of hydrogen-bond donors (Lipinski definition) is 2. The molecule has 0 aromatic heterocycles. The van der Waals surface area contributed by atoms with E-state index in [0.29, 0.717) is 11.3 Å². The molecule has 1 unspecified atom stereocenters. The average molecular weight is 198 g/mol. The van der Waals surface area contributed by atoms with Crippen LogP contribution in [0.15, 0.2) is 0 Å². The summed E-state index contributed by atoms with van der Waals surface area (Å²) in [7, 11) is 0. The fourth-order valence-electron chi connectivity index (χ4n) is 1.72. The van der Waals surface area contributed by atoms with Gasteiger partial charge in [0, 0.05) is 6.54 Å². The van der Waals surface area contributed by atoms with Gasteiger partial charge < -0.3 is 11.1 Å². The maximum absolute atomic E-state index is 11.4. The van der Waals surface area contributed by atoms with Crippen LogP contribution in [0.25, 0.3) is 0 Å². The van der Waals surface area contributed by atoms with Crippen molar-refractivity contribution in [1.82, 2.24) is 5.32 Å². The topological polar surface area (TPSA) is 55.1 Å². The Hall–Kier alpha value is -0.570. The first-order valence-electron chi connectivity index (χ1n) is 5.50. The molecule has 0 saturated heterocycles. The third-order valence-electron chi connectivity index (χ3n) is 3.18. The largest absolute Gasteiger partial charge is 0.354 e. The van der Waals surface area contributed by atoms with Crippen LogP contribution in [0.2, 0.25) is 0 Å². The van der Waals surface area contributed by atoms with E-state index in [2.05, 4.69) is 19.2 Å². The molecule has 1 amide bonds. The van der Waals surface area contributed by atoms with Crippen molar-refractivity contribution in [2.45, 2.75) is 46.1 Å². The van der Waals surface area contributed by atoms with Gasteiger partial charge in [-0.15, -0.1) is 0 Å². The molecule has 3 N–H and O–H groups in total. The molecule has 3 nitrogen and oxygen atoms in total. The summed E-state index contributed by atoms with van der Waals surface area (Å²) in [6.07, 6.45) is 2.96. The zero-order chi connectivity index (χ0) is 10.8. The van der Waals surface area contributed by atoms with Gasteiger partial charge in [-0.05, 0) is 24.2 Å². The number of carbonyl (C=O) groups excluding carboxylic acids is 1. The highest BCUT2D eigenvalue weighted by atomic mass is 16.2. The maximum atomic E-state index is 11.4. The second-order valence-corrected chi connectivity index (χ2v) is 5.03. The third-order valence-corrected chi connectivity index (χ3v) is 3.18. The fraction of sp³-hybridized carbons (Fsp3) is 0.909. The standard InChI is InChI=1S/C11H22N2O/c1-4-5-9(12)10(14)13-7-8-6-11(8,2)3/h8-9H,4-7,12H2,1-3H3,(H,13,14)/t8?,9-/m0/s1. The monoisotopic (exact) mass is 198 g/mol. The summed E-state index contributed by atoms with van der Waals surface area (Å²) in [5, 5.41) is 2.92. The van der Waals surface area contributed by atoms with Crippen LogP contribution in [0.5, 0.6) is 0 Å². The summed E-state index contributed by atoms with van der Waals surface area (Å²) in [4.78, 5) is 11.4. The SMILES string of the molecule is CCC[C@H](N)C(=O)NCC1CC1(C)C. The van der Waals surface area contributed by atoms with E-state index in [1.807, 2.05) is 6.92 Å². The van der Waals surface area contributed by atoms with Crippen LogP contribution >= 0.6 is 0 Å². The van der Waals surface area contributed by atoms with Crippen molar-refractivity contribution in [3.63, 3.8) is 0 Å². The number of carbonyl (C=O) groups is 1. The van der Waals surface area contributed by atoms with E-state index in [9.17, 15) is 4.79 Å². The van der Waals surface area contributed by atoms with Crippen LogP contribution in [-0.2, 0) is 4.79 Å². The van der Waals surface area contributed by atoms with Crippen molar-refractivity contribution in [2.75, 3.05) is 6.54 Å². The fourth-order valence-corrected chi connectivity index (χ4v) is 1.72. The number of rotatable bonds is 5. The van der Waals surface area contributed by atoms with Crippen molar-refractivity contribution in [2.24, 2.45) is 17.1 Å². The Labute approximate surface area is 86.4 Å². The van der Waals surface area contributed by atoms with E-state index in [4.69, 9.17) is 5.73 Å². The van der Waals surface area contributed by atoms with Gasteiger partial charge in [-0.25, -0.2) is 0 Å². The molecule has 2 atom stereocenters. The van der Waals surface area contributed by atoms with Crippen LogP contribution in [0.1, 0.15) is 40.0 Å². The van der Waals surface area contributed by atoms with Gasteiger partial charge in [0.15, 0.2) is 0 Å². The maximum Gasteiger partial charge on any atom is 0.236 e. The van der Waals surface area contributed by atoms with E-state index < -0.39 is 0 Å². The molecule has 0 radical (unpaired) electrons. The molecular formula is C11H22N2O. The zero-order valence-electron chi connectivity index (χ0n) is 9.47. The molecule has 1 saturated carbocycles. The Balaban J connectivity index is 2.16. The van der Waals surface area contributed by atoms with E-state index in [1.54, 1.807) is 0 Å². The molecule has 1 aliphatic carbocycles. The van der Waals surface area contributed by atoms with E-state index in [1.165, 1.54) is 6.42 Å². The predicted octanol–water partition coefficient (Wildman–Crippen LogP) is 1.28. The average Bonchev–Trinajstić information content (AvgIpc) is 2.70. The molecule has 0 heterocycles. The summed E-state index contributed by atoms with van der Waals surface area (Å²) in [6, 6.07) is -0.318. The van der Waals surface area contributed by atoms with Gasteiger partial charge in [0.1, 0.15) is 0 Å². The quantitative estimate of drug-likeness (QED) is 0.699. The third kappa shape index (κ3) is 2.98. The second-order valence-electron chi connectivity index (χ2n) is 5.03. The molecule has 0 aromatic rings. The molecule has 0 aromatic carbocycles. The van der Waals surface area contributed by atoms with Crippen LogP contribution in [0.3, 0.4) is 0 Å². The Morgan fingerprint density at radius 3 is 2.64 bits per heavy atom. The van der Waals surface area contributed by atoms with Gasteiger partial charge >= 0.3 is 0 Å². The first-order chi connectivity index (χ1) is 6.47. The Bertz CT molecular complexity index is 213. The van der Waals surface area contributed by atoms with Crippen LogP contribution in [0.4, 0.5) is 0 Å². The lowest BCUT2D eigenvalue weighted by atomic mass is 10.1. The minimum absolute atomic E-state index is 0.00884. The number of amides is 1. The minimum atomic E-state index is -0.318. The molecule has 1 fully saturated rings. The van der Waals surface area contributed by atoms with E-state index >= 15 is 0 Å². The van der Waals surface area contributed by atoms with Crippen LogP contribution < -0.4 is 11.1 Å². The van der Waals surface area contributed by atoms with Crippen molar-refractivity contribution in [1.29, 1.82) is 0 Å². The lowest BCUT2D eigenvalue weighted by molar-refractivity contribution is -0.122. The Morgan fingerprint density at radius 2 is 2.21 bits per heavy atom. The summed E-state index contributed by atoms with van der Waals surface area (Å²) < 4.78 is 0. The van der Waals surface area contributed by atoms with Gasteiger partial charge in [0.2, 0.25) is 5.91 Å². The highest BCUT2D eigenvalue weighted by molar-refractivity contribution is 5.81. The minimum Gasteiger partial charge on any atom is -0.354 e. The molecule has 1 aliphatic rings. The molecule has 14 heavy (non-hydrogen) atoms. The van der Waals surface area contributed by atoms with Gasteiger partial charge in [-0.2, -0.15) is 0 Å². The number of hydrogen-bond acceptors (Lipinski definition) is 2. The molecule has 3 heteroatoms. The molecule has 0 aliphatic heterocycles. The number of nitrogens with one attached hydrogen (secondary N) is 1. The van der Waals surface area contributed by atoms with Gasteiger partial charge in [0.25, 0.3) is 0 Å². The highest BCUT2D eigenvalue weighted by Gasteiger charge is 2.45. The predicted molar refractivity (Wildman–Crippen MR) is 57.8 cm³/mol. The lowest BCUT2D eigenvalue weighted by Crippen LogP contribution is -2.41. The van der Waals surface area contributed by atoms with Crippen molar-refractivity contribution >= 4 is 5.91 Å². The zero-order valence-corrected chi connectivity index (χ0v) is 9.47. The normalized spacial score (nSPS) is 25.6. The molecular weight excluding hydrogens is 176 g/mol. The van der Waals surface area contributed by atoms with Crippen molar-refractivity contribution in [3.8, 4) is 0 Å². The summed E-state index contributed by atoms with van der Waals surface area (Å²) >= 11 is 0. The highest BCUT2D eigenvalue weighted by Crippen LogP contribution is 2.50. The first kappa shape index (κ1) is 11.5. The lowest BCUT2D eigenvalue weighted by Gasteiger charge is -2.11. The van der Waals surface area contributed by atoms with Crippen LogP contribution in [0, 0.1) is 11.3 Å². The first-order valence-corrected chi connectivity index (χ1v) is 5.50. The van der Waals surface area contributed by atoms with E-state index in [0.717, 1.165) is 19.4 Å². The van der Waals surface area contributed by atoms with Gasteiger partial charge in [-0.1, -0.05) is 27.2 Å². The Kier molecular flexibility index (Phi) is 3.53. The van der Waals surface area contributed by atoms with E-state index in [-0.39, 0.29) is 11.9 Å². The molecule has 82 valence electrons. The van der Waals surface area contributed by atoms with Crippen molar-refractivity contribution in [3.05, 3.63) is 0 Å². The summed E-state index contributed by atoms with van der Waals surface area (Å²) in [5.74, 6) is 0.662. The molecule has 0 spiro atoms. The number of nitrogens with two attached hydrogens (primary N) is 1. The van der Waals surface area contributed by atoms with Crippen molar-refractivity contribution < 1.29 is 4.79 Å². The molecule has 1 rings (SSSR count). The van der Waals surface area contributed by atoms with Gasteiger partial charge in [0.05, 0.1) is 6.04 Å². The summed E-state index contributed by atoms with van der Waals surface area (Å²) in [6.45, 7) is 7.30. The smallest absolute Gasteiger partial charge is 0.236 e. The second kappa shape index (κ2) is 4.30.